The average Bonchev–Trinajstić information content (AvgIpc) is 3.82. The third-order valence-electron chi connectivity index (χ3n) is 9.10. The van der Waals surface area contributed by atoms with Crippen molar-refractivity contribution in [2.45, 2.75) is 69.6 Å². The van der Waals surface area contributed by atoms with E-state index in [0.717, 1.165) is 11.1 Å². The molecule has 4 rings (SSSR count). The molecule has 0 aromatic heterocycles. The Morgan fingerprint density at radius 3 is 1.15 bits per heavy atom. The van der Waals surface area contributed by atoms with Gasteiger partial charge in [0.25, 0.3) is 0 Å². The summed E-state index contributed by atoms with van der Waals surface area (Å²) in [6.45, 7) is 8.65. The van der Waals surface area contributed by atoms with E-state index in [4.69, 9.17) is 10.2 Å². The molecule has 2 aliphatic rings. The van der Waals surface area contributed by atoms with Gasteiger partial charge in [0.05, 0.1) is 47.7 Å². The molecule has 1 spiro atoms. The van der Waals surface area contributed by atoms with Crippen LogP contribution >= 0.6 is 0 Å². The zero-order valence-electron chi connectivity index (χ0n) is 37.6. The van der Waals surface area contributed by atoms with Crippen LogP contribution in [0.15, 0.2) is 58.3 Å². The molecule has 2 aromatic rings. The number of sulfone groups is 2. The first-order valence-electron chi connectivity index (χ1n) is 20.9. The Balaban J connectivity index is 0.000000508. The first-order valence-corrected chi connectivity index (χ1v) is 24.2. The maximum atomic E-state index is 12.2. The maximum absolute atomic E-state index is 12.2. The molecule has 0 bridgehead atoms. The number of ether oxygens (including phenoxy) is 2. The highest BCUT2D eigenvalue weighted by atomic mass is 32.2. The summed E-state index contributed by atoms with van der Waals surface area (Å²) in [5.41, 5.74) is 1.18. The normalized spacial score (nSPS) is 13.4. The third kappa shape index (κ3) is 22.3. The SMILES string of the molecule is CCOC(=O)CC(=O)OCC.Cc1ccc(S(=O)(=O)CCNC(=O)CC(=O)NCCS(=O)(=O)c2ccc(C)cc2)cc1.O=C(CC(=O)NCCO)NCCO.O=C1NCCC12CCNC2=O. The predicted molar refractivity (Wildman–Crippen MR) is 237 cm³/mol. The van der Waals surface area contributed by atoms with Crippen LogP contribution in [0.2, 0.25) is 0 Å². The Hall–Kier alpha value is -5.98. The molecule has 0 saturated carbocycles. The number of aryl methyl sites for hydroxylation is 2. The van der Waals surface area contributed by atoms with Crippen LogP contribution in [0, 0.1) is 19.3 Å². The van der Waals surface area contributed by atoms with Gasteiger partial charge in [0.1, 0.15) is 24.7 Å². The van der Waals surface area contributed by atoms with Crippen molar-refractivity contribution in [3.05, 3.63) is 59.7 Å². The molecule has 0 radical (unpaired) electrons. The smallest absolute Gasteiger partial charge is 0.317 e. The van der Waals surface area contributed by atoms with E-state index in [2.05, 4.69) is 41.4 Å². The molecule has 0 atom stereocenters. The van der Waals surface area contributed by atoms with Crippen molar-refractivity contribution in [2.75, 3.05) is 77.2 Å². The van der Waals surface area contributed by atoms with Crippen molar-refractivity contribution in [1.82, 2.24) is 31.9 Å². The van der Waals surface area contributed by atoms with Gasteiger partial charge in [-0.05, 0) is 64.8 Å². The molecule has 8 N–H and O–H groups in total. The number of amides is 6. The van der Waals surface area contributed by atoms with Crippen LogP contribution in [0.5, 0.6) is 0 Å². The second-order valence-corrected chi connectivity index (χ2v) is 18.6. The molecule has 0 aliphatic carbocycles. The summed E-state index contributed by atoms with van der Waals surface area (Å²) in [5.74, 6) is -4.00. The molecule has 2 fully saturated rings. The molecular formula is C42H62N6O16S2. The highest BCUT2D eigenvalue weighted by Gasteiger charge is 2.51. The number of aliphatic hydroxyl groups excluding tert-OH is 2. The standard InChI is InChI=1S/C21H26N2O6S2.C7H14N2O4.C7H10N2O2.C7H12O4/c1-16-3-7-18(8-4-16)30(26,27)13-11-22-20(24)15-21(25)23-12-14-31(28,29)19-9-5-17(2)6-10-19;10-3-1-8-6(12)5-7(13)9-2-4-11;10-5-7(1-3-8-5)2-4-9-6(7)11;1-3-10-6(8)5-7(9)11-4-2/h3-10H,11-15H2,1-2H3,(H,22,24)(H,23,25);10-11H,1-5H2,(H,8,12)(H,9,13);1-4H2,(H,8,10)(H,9,11);3-5H2,1-2H3. The van der Waals surface area contributed by atoms with Crippen molar-refractivity contribution >= 4 is 67.1 Å². The summed E-state index contributed by atoms with van der Waals surface area (Å²) >= 11 is 0. The molecule has 2 heterocycles. The van der Waals surface area contributed by atoms with Crippen molar-refractivity contribution in [1.29, 1.82) is 0 Å². The minimum atomic E-state index is -3.54. The van der Waals surface area contributed by atoms with E-state index >= 15 is 0 Å². The summed E-state index contributed by atoms with van der Waals surface area (Å²) < 4.78 is 58.0. The van der Waals surface area contributed by atoms with Crippen LogP contribution in [0.3, 0.4) is 0 Å². The molecule has 6 amide bonds. The minimum absolute atomic E-state index is 0.0903. The number of rotatable bonds is 20. The predicted octanol–water partition coefficient (Wildman–Crippen LogP) is -1.72. The van der Waals surface area contributed by atoms with Gasteiger partial charge in [0, 0.05) is 39.3 Å². The van der Waals surface area contributed by atoms with Crippen molar-refractivity contribution in [2.24, 2.45) is 5.41 Å². The lowest BCUT2D eigenvalue weighted by Crippen LogP contribution is -2.38. The topological polar surface area (TPSA) is 336 Å². The van der Waals surface area contributed by atoms with Gasteiger partial charge >= 0.3 is 11.9 Å². The number of nitrogens with one attached hydrogen (secondary N) is 6. The highest BCUT2D eigenvalue weighted by molar-refractivity contribution is 7.91. The number of carbonyl (C=O) groups is 8. The molecule has 2 saturated heterocycles. The number of esters is 2. The summed E-state index contributed by atoms with van der Waals surface area (Å²) in [6.07, 6.45) is 0.242. The second kappa shape index (κ2) is 30.3. The van der Waals surface area contributed by atoms with Crippen LogP contribution in [0.1, 0.15) is 57.1 Å². The van der Waals surface area contributed by atoms with Crippen LogP contribution in [-0.2, 0) is 67.5 Å². The van der Waals surface area contributed by atoms with E-state index in [1.54, 1.807) is 38.1 Å². The summed E-state index contributed by atoms with van der Waals surface area (Å²) in [5, 5.41) is 31.5. The number of carbonyl (C=O) groups excluding carboxylic acids is 8. The first kappa shape index (κ1) is 58.0. The van der Waals surface area contributed by atoms with Gasteiger partial charge in [-0.3, -0.25) is 38.4 Å². The minimum Gasteiger partial charge on any atom is -0.466 e. The lowest BCUT2D eigenvalue weighted by atomic mass is 9.85. The highest BCUT2D eigenvalue weighted by Crippen LogP contribution is 2.33. The third-order valence-corrected chi connectivity index (χ3v) is 12.6. The van der Waals surface area contributed by atoms with E-state index in [9.17, 15) is 55.2 Å². The molecule has 2 aromatic carbocycles. The Bertz CT molecular complexity index is 2000. The van der Waals surface area contributed by atoms with E-state index in [1.165, 1.54) is 24.3 Å². The fourth-order valence-corrected chi connectivity index (χ4v) is 7.96. The molecule has 0 unspecified atom stereocenters. The molecule has 24 heteroatoms. The Morgan fingerprint density at radius 2 is 0.879 bits per heavy atom. The van der Waals surface area contributed by atoms with Gasteiger partial charge in [-0.25, -0.2) is 16.8 Å². The Kier molecular flexibility index (Phi) is 26.6. The summed E-state index contributed by atoms with van der Waals surface area (Å²) in [6, 6.07) is 12.8. The molecule has 368 valence electrons. The van der Waals surface area contributed by atoms with Gasteiger partial charge < -0.3 is 51.6 Å². The van der Waals surface area contributed by atoms with E-state index in [0.29, 0.717) is 25.9 Å². The average molecular weight is 971 g/mol. The van der Waals surface area contributed by atoms with Gasteiger partial charge in [-0.15, -0.1) is 0 Å². The van der Waals surface area contributed by atoms with Gasteiger partial charge in [-0.2, -0.15) is 0 Å². The number of hydrogen-bond donors (Lipinski definition) is 8. The molecule has 2 aliphatic heterocycles. The number of hydrogen-bond acceptors (Lipinski definition) is 16. The summed E-state index contributed by atoms with van der Waals surface area (Å²) in [7, 11) is -7.09. The lowest BCUT2D eigenvalue weighted by Gasteiger charge is -2.13. The fourth-order valence-electron chi connectivity index (χ4n) is 5.65. The zero-order valence-corrected chi connectivity index (χ0v) is 39.2. The van der Waals surface area contributed by atoms with Crippen molar-refractivity contribution in [3.63, 3.8) is 0 Å². The molecular weight excluding hydrogens is 909 g/mol. The monoisotopic (exact) mass is 970 g/mol. The van der Waals surface area contributed by atoms with Crippen LogP contribution in [0.4, 0.5) is 0 Å². The largest absolute Gasteiger partial charge is 0.466 e. The fraction of sp³-hybridized carbons (Fsp3) is 0.524. The van der Waals surface area contributed by atoms with Crippen molar-refractivity contribution < 1.29 is 74.9 Å². The lowest BCUT2D eigenvalue weighted by molar-refractivity contribution is -0.154. The van der Waals surface area contributed by atoms with Crippen LogP contribution in [0.25, 0.3) is 0 Å². The van der Waals surface area contributed by atoms with Crippen LogP contribution < -0.4 is 31.9 Å². The first-order chi connectivity index (χ1) is 31.2. The van der Waals surface area contributed by atoms with E-state index < -0.39 is 67.1 Å². The molecule has 66 heavy (non-hydrogen) atoms. The Labute approximate surface area is 384 Å². The zero-order chi connectivity index (χ0) is 49.8. The van der Waals surface area contributed by atoms with Gasteiger partial charge in [0.15, 0.2) is 19.7 Å². The Morgan fingerprint density at radius 1 is 0.561 bits per heavy atom. The number of benzene rings is 2. The second-order valence-electron chi connectivity index (χ2n) is 14.3. The van der Waals surface area contributed by atoms with Gasteiger partial charge in [0.2, 0.25) is 35.4 Å². The van der Waals surface area contributed by atoms with Gasteiger partial charge in [-0.1, -0.05) is 35.4 Å². The van der Waals surface area contributed by atoms with Crippen molar-refractivity contribution in [3.8, 4) is 0 Å². The summed E-state index contributed by atoms with van der Waals surface area (Å²) in [4.78, 5) is 89.4. The molecule has 22 nitrogen and oxygen atoms in total. The maximum Gasteiger partial charge on any atom is 0.317 e. The van der Waals surface area contributed by atoms with Crippen LogP contribution in [-0.4, -0.2) is 152 Å². The van der Waals surface area contributed by atoms with E-state index in [-0.39, 0.29) is 98.6 Å². The van der Waals surface area contributed by atoms with E-state index in [1.807, 2.05) is 13.8 Å². The quantitative estimate of drug-likeness (QED) is 0.0541. The number of aliphatic hydroxyl groups is 2.